The summed E-state index contributed by atoms with van der Waals surface area (Å²) >= 11 is 0. The molecule has 1 aromatic carbocycles. The molecule has 0 saturated carbocycles. The van der Waals surface area contributed by atoms with Crippen LogP contribution in [-0.4, -0.2) is 9.55 Å². The van der Waals surface area contributed by atoms with Crippen molar-refractivity contribution in [1.29, 1.82) is 0 Å². The van der Waals surface area contributed by atoms with Crippen molar-refractivity contribution in [3.63, 3.8) is 0 Å². The van der Waals surface area contributed by atoms with Gasteiger partial charge in [0.2, 0.25) is 0 Å². The summed E-state index contributed by atoms with van der Waals surface area (Å²) in [6, 6.07) is 8.15. The van der Waals surface area contributed by atoms with Crippen LogP contribution in [0.1, 0.15) is 24.0 Å². The van der Waals surface area contributed by atoms with Gasteiger partial charge in [-0.05, 0) is 24.1 Å². The molecule has 0 unspecified atom stereocenters. The van der Waals surface area contributed by atoms with Gasteiger partial charge in [-0.1, -0.05) is 19.1 Å². The van der Waals surface area contributed by atoms with E-state index in [2.05, 4.69) is 24.0 Å². The first-order valence-electron chi connectivity index (χ1n) is 6.16. The molecule has 1 aromatic heterocycles. The second-order valence-corrected chi connectivity index (χ2v) is 4.25. The number of aromatic nitrogens is 2. The summed E-state index contributed by atoms with van der Waals surface area (Å²) in [7, 11) is 1.95. The maximum Gasteiger partial charge on any atom is 0.146 e. The molecule has 2 N–H and O–H groups in total. The number of imidazole rings is 1. The zero-order valence-electron chi connectivity index (χ0n) is 10.9. The molecule has 0 amide bonds. The van der Waals surface area contributed by atoms with Gasteiger partial charge in [0.1, 0.15) is 18.2 Å². The van der Waals surface area contributed by atoms with Crippen LogP contribution in [0, 0.1) is 0 Å². The average Bonchev–Trinajstić information content (AvgIpc) is 2.77. The van der Waals surface area contributed by atoms with E-state index in [1.54, 1.807) is 0 Å². The normalized spacial score (nSPS) is 10.6. The third-order valence-corrected chi connectivity index (χ3v) is 2.93. The Bertz CT molecular complexity index is 502. The fraction of sp³-hybridized carbons (Fsp3) is 0.357. The van der Waals surface area contributed by atoms with Crippen molar-refractivity contribution in [2.45, 2.75) is 26.5 Å². The van der Waals surface area contributed by atoms with Gasteiger partial charge in [0.15, 0.2) is 0 Å². The third-order valence-electron chi connectivity index (χ3n) is 2.93. The lowest BCUT2D eigenvalue weighted by atomic mass is 10.2. The Morgan fingerprint density at radius 1 is 1.28 bits per heavy atom. The van der Waals surface area contributed by atoms with Crippen LogP contribution in [0.5, 0.6) is 5.75 Å². The van der Waals surface area contributed by atoms with Gasteiger partial charge in [-0.3, -0.25) is 0 Å². The Hall–Kier alpha value is -1.81. The van der Waals surface area contributed by atoms with Gasteiger partial charge in [-0.15, -0.1) is 0 Å². The SMILES string of the molecule is CCc1ccc(OCc2nc(CN)cn2C)cc1. The predicted octanol–water partition coefficient (Wildman–Crippen LogP) is 2.02. The highest BCUT2D eigenvalue weighted by atomic mass is 16.5. The quantitative estimate of drug-likeness (QED) is 0.876. The number of hydrogen-bond donors (Lipinski definition) is 1. The van der Waals surface area contributed by atoms with Crippen molar-refractivity contribution in [2.75, 3.05) is 0 Å². The number of aryl methyl sites for hydroxylation is 2. The summed E-state index contributed by atoms with van der Waals surface area (Å²) in [6.45, 7) is 3.05. The molecule has 2 rings (SSSR count). The molecule has 0 fully saturated rings. The molecule has 0 saturated heterocycles. The van der Waals surface area contributed by atoms with Crippen LogP contribution in [-0.2, 0) is 26.6 Å². The maximum absolute atomic E-state index is 5.71. The highest BCUT2D eigenvalue weighted by Crippen LogP contribution is 2.14. The first-order chi connectivity index (χ1) is 8.72. The lowest BCUT2D eigenvalue weighted by molar-refractivity contribution is 0.291. The van der Waals surface area contributed by atoms with Crippen LogP contribution in [0.15, 0.2) is 30.5 Å². The fourth-order valence-corrected chi connectivity index (χ4v) is 1.77. The highest BCUT2D eigenvalue weighted by molar-refractivity contribution is 5.27. The molecule has 0 aliphatic carbocycles. The smallest absolute Gasteiger partial charge is 0.146 e. The van der Waals surface area contributed by atoms with E-state index in [0.717, 1.165) is 23.7 Å². The number of benzene rings is 1. The first kappa shape index (κ1) is 12.6. The Morgan fingerprint density at radius 2 is 2.00 bits per heavy atom. The van der Waals surface area contributed by atoms with Gasteiger partial charge in [0, 0.05) is 19.8 Å². The van der Waals surface area contributed by atoms with E-state index in [0.29, 0.717) is 13.2 Å². The fourth-order valence-electron chi connectivity index (χ4n) is 1.77. The second kappa shape index (κ2) is 5.69. The van der Waals surface area contributed by atoms with Crippen LogP contribution in [0.25, 0.3) is 0 Å². The zero-order valence-corrected chi connectivity index (χ0v) is 10.9. The van der Waals surface area contributed by atoms with Crippen LogP contribution in [0.2, 0.25) is 0 Å². The largest absolute Gasteiger partial charge is 0.486 e. The van der Waals surface area contributed by atoms with Crippen molar-refractivity contribution in [1.82, 2.24) is 9.55 Å². The molecular formula is C14H19N3O. The Kier molecular flexibility index (Phi) is 3.99. The lowest BCUT2D eigenvalue weighted by Crippen LogP contribution is -2.03. The second-order valence-electron chi connectivity index (χ2n) is 4.25. The number of nitrogens with zero attached hydrogens (tertiary/aromatic N) is 2. The number of hydrogen-bond acceptors (Lipinski definition) is 3. The van der Waals surface area contributed by atoms with Crippen LogP contribution in [0.3, 0.4) is 0 Å². The molecule has 0 spiro atoms. The standard InChI is InChI=1S/C14H19N3O/c1-3-11-4-6-13(7-5-11)18-10-14-16-12(8-15)9-17(14)2/h4-7,9H,3,8,10,15H2,1-2H3. The molecule has 0 bridgehead atoms. The molecule has 0 aliphatic rings. The Balaban J connectivity index is 1.99. The summed E-state index contributed by atoms with van der Waals surface area (Å²) in [5, 5.41) is 0. The summed E-state index contributed by atoms with van der Waals surface area (Å²) in [5.41, 5.74) is 7.75. The van der Waals surface area contributed by atoms with Crippen molar-refractivity contribution >= 4 is 0 Å². The minimum atomic E-state index is 0.457. The third kappa shape index (κ3) is 2.90. The van der Waals surface area contributed by atoms with E-state index in [9.17, 15) is 0 Å². The summed E-state index contributed by atoms with van der Waals surface area (Å²) in [4.78, 5) is 4.39. The summed E-state index contributed by atoms with van der Waals surface area (Å²) in [6.07, 6.45) is 2.97. The monoisotopic (exact) mass is 245 g/mol. The summed E-state index contributed by atoms with van der Waals surface area (Å²) in [5.74, 6) is 1.75. The lowest BCUT2D eigenvalue weighted by Gasteiger charge is -2.06. The van der Waals surface area contributed by atoms with Crippen molar-refractivity contribution in [2.24, 2.45) is 12.8 Å². The van der Waals surface area contributed by atoms with Gasteiger partial charge in [0.25, 0.3) is 0 Å². The summed E-state index contributed by atoms with van der Waals surface area (Å²) < 4.78 is 7.65. The molecule has 1 heterocycles. The van der Waals surface area contributed by atoms with Gasteiger partial charge in [0.05, 0.1) is 5.69 Å². The number of rotatable bonds is 5. The Morgan fingerprint density at radius 3 is 2.56 bits per heavy atom. The van der Waals surface area contributed by atoms with Gasteiger partial charge in [-0.25, -0.2) is 4.98 Å². The van der Waals surface area contributed by atoms with E-state index in [1.165, 1.54) is 5.56 Å². The first-order valence-corrected chi connectivity index (χ1v) is 6.16. The highest BCUT2D eigenvalue weighted by Gasteiger charge is 2.04. The van der Waals surface area contributed by atoms with Crippen molar-refractivity contribution < 1.29 is 4.74 Å². The molecule has 4 heteroatoms. The molecule has 0 atom stereocenters. The minimum absolute atomic E-state index is 0.457. The molecule has 96 valence electrons. The minimum Gasteiger partial charge on any atom is -0.486 e. The van der Waals surface area contributed by atoms with E-state index in [-0.39, 0.29) is 0 Å². The van der Waals surface area contributed by atoms with Crippen LogP contribution in [0.4, 0.5) is 0 Å². The van der Waals surface area contributed by atoms with Gasteiger partial charge < -0.3 is 15.0 Å². The van der Waals surface area contributed by atoms with Gasteiger partial charge >= 0.3 is 0 Å². The van der Waals surface area contributed by atoms with Crippen LogP contribution >= 0.6 is 0 Å². The molecule has 0 radical (unpaired) electrons. The molecule has 2 aromatic rings. The average molecular weight is 245 g/mol. The van der Waals surface area contributed by atoms with E-state index in [1.807, 2.05) is 29.9 Å². The number of nitrogens with two attached hydrogens (primary N) is 1. The van der Waals surface area contributed by atoms with E-state index >= 15 is 0 Å². The van der Waals surface area contributed by atoms with E-state index in [4.69, 9.17) is 10.5 Å². The molecule has 18 heavy (non-hydrogen) atoms. The Labute approximate surface area is 107 Å². The predicted molar refractivity (Wildman–Crippen MR) is 71.3 cm³/mol. The van der Waals surface area contributed by atoms with Crippen LogP contribution < -0.4 is 10.5 Å². The molecule has 0 aliphatic heterocycles. The van der Waals surface area contributed by atoms with Gasteiger partial charge in [-0.2, -0.15) is 0 Å². The number of ether oxygens (including phenoxy) is 1. The zero-order chi connectivity index (χ0) is 13.0. The van der Waals surface area contributed by atoms with Crippen molar-refractivity contribution in [3.05, 3.63) is 47.5 Å². The molecule has 4 nitrogen and oxygen atoms in total. The van der Waals surface area contributed by atoms with Crippen molar-refractivity contribution in [3.8, 4) is 5.75 Å². The molecular weight excluding hydrogens is 226 g/mol. The maximum atomic E-state index is 5.71. The van der Waals surface area contributed by atoms with E-state index < -0.39 is 0 Å². The topological polar surface area (TPSA) is 53.1 Å².